The summed E-state index contributed by atoms with van der Waals surface area (Å²) in [6.45, 7) is 2.15. The minimum atomic E-state index is -0.0535. The number of hydrogen-bond acceptors (Lipinski definition) is 6. The molecule has 0 amide bonds. The van der Waals surface area contributed by atoms with E-state index in [1.165, 1.54) is 9.08 Å². The number of nitrogens with one attached hydrogen (secondary N) is 1. The van der Waals surface area contributed by atoms with Crippen LogP contribution in [0.15, 0.2) is 23.1 Å². The maximum Gasteiger partial charge on any atom is 0.253 e. The van der Waals surface area contributed by atoms with E-state index < -0.39 is 0 Å². The first-order valence-electron chi connectivity index (χ1n) is 7.56. The van der Waals surface area contributed by atoms with Crippen LogP contribution in [0.2, 0.25) is 5.02 Å². The Morgan fingerprint density at radius 3 is 2.96 bits per heavy atom. The maximum absolute atomic E-state index is 12.0. The predicted molar refractivity (Wildman–Crippen MR) is 95.7 cm³/mol. The van der Waals surface area contributed by atoms with E-state index >= 15 is 0 Å². The van der Waals surface area contributed by atoms with Crippen LogP contribution in [-0.4, -0.2) is 25.7 Å². The number of rotatable bonds is 4. The molecule has 0 aliphatic carbocycles. The Morgan fingerprint density at radius 1 is 1.48 bits per heavy atom. The molecule has 0 saturated carbocycles. The summed E-state index contributed by atoms with van der Waals surface area (Å²) >= 11 is 6.19. The Balaban J connectivity index is 1.91. The molecule has 3 heterocycles. The maximum atomic E-state index is 12.0. The SMILES string of the molecule is Cc1nn2c(N)c(C#N)c(NCCc3cccn(C)c3=O)nc2c1Cl. The van der Waals surface area contributed by atoms with Crippen LogP contribution in [-0.2, 0) is 13.5 Å². The van der Waals surface area contributed by atoms with E-state index in [2.05, 4.69) is 15.4 Å². The molecule has 9 heteroatoms. The van der Waals surface area contributed by atoms with Crippen molar-refractivity contribution in [2.75, 3.05) is 17.6 Å². The fourth-order valence-electron chi connectivity index (χ4n) is 2.55. The highest BCUT2D eigenvalue weighted by Gasteiger charge is 2.18. The van der Waals surface area contributed by atoms with E-state index in [-0.39, 0.29) is 16.9 Å². The lowest BCUT2D eigenvalue weighted by atomic mass is 10.2. The Hall–Kier alpha value is -3.05. The molecular formula is C16H16ClN7O. The van der Waals surface area contributed by atoms with Gasteiger partial charge in [0.1, 0.15) is 28.3 Å². The molecule has 0 radical (unpaired) electrons. The lowest BCUT2D eigenvalue weighted by molar-refractivity contribution is 0.827. The Bertz CT molecular complexity index is 1060. The van der Waals surface area contributed by atoms with Crippen molar-refractivity contribution >= 4 is 28.9 Å². The molecular weight excluding hydrogens is 342 g/mol. The predicted octanol–water partition coefficient (Wildman–Crippen LogP) is 1.50. The average Bonchev–Trinajstić information content (AvgIpc) is 2.87. The third-order valence-electron chi connectivity index (χ3n) is 3.90. The summed E-state index contributed by atoms with van der Waals surface area (Å²) < 4.78 is 2.88. The molecule has 3 aromatic heterocycles. The summed E-state index contributed by atoms with van der Waals surface area (Å²) in [5, 5.41) is 17.0. The number of aryl methyl sites for hydroxylation is 2. The van der Waals surface area contributed by atoms with Crippen molar-refractivity contribution in [2.45, 2.75) is 13.3 Å². The number of nitrogens with zero attached hydrogens (tertiary/aromatic N) is 5. The number of aromatic nitrogens is 4. The van der Waals surface area contributed by atoms with Crippen molar-refractivity contribution in [3.05, 3.63) is 50.5 Å². The van der Waals surface area contributed by atoms with Crippen molar-refractivity contribution < 1.29 is 0 Å². The van der Waals surface area contributed by atoms with Gasteiger partial charge >= 0.3 is 0 Å². The van der Waals surface area contributed by atoms with Crippen molar-refractivity contribution in [3.63, 3.8) is 0 Å². The second kappa shape index (κ2) is 6.45. The number of hydrogen-bond donors (Lipinski definition) is 2. The molecule has 3 N–H and O–H groups in total. The normalized spacial score (nSPS) is 10.8. The highest BCUT2D eigenvalue weighted by molar-refractivity contribution is 6.34. The molecule has 0 aliphatic rings. The van der Waals surface area contributed by atoms with Crippen molar-refractivity contribution in [1.29, 1.82) is 5.26 Å². The summed E-state index contributed by atoms with van der Waals surface area (Å²) in [5.41, 5.74) is 7.79. The van der Waals surface area contributed by atoms with E-state index in [9.17, 15) is 10.1 Å². The van der Waals surface area contributed by atoms with Gasteiger partial charge in [0.15, 0.2) is 5.65 Å². The summed E-state index contributed by atoms with van der Waals surface area (Å²) in [6, 6.07) is 5.62. The van der Waals surface area contributed by atoms with E-state index in [1.807, 2.05) is 12.1 Å². The smallest absolute Gasteiger partial charge is 0.253 e. The summed E-state index contributed by atoms with van der Waals surface area (Å²) in [6.07, 6.45) is 2.18. The van der Waals surface area contributed by atoms with Gasteiger partial charge in [0, 0.05) is 25.4 Å². The number of halogens is 1. The summed E-state index contributed by atoms with van der Waals surface area (Å²) in [5.74, 6) is 0.489. The van der Waals surface area contributed by atoms with Crippen LogP contribution in [0.3, 0.4) is 0 Å². The average molecular weight is 358 g/mol. The molecule has 0 spiro atoms. The monoisotopic (exact) mass is 357 g/mol. The minimum Gasteiger partial charge on any atom is -0.382 e. The van der Waals surface area contributed by atoms with Crippen LogP contribution in [0.5, 0.6) is 0 Å². The number of nitriles is 1. The van der Waals surface area contributed by atoms with Gasteiger partial charge in [0.2, 0.25) is 0 Å². The van der Waals surface area contributed by atoms with Gasteiger partial charge in [-0.15, -0.1) is 0 Å². The fourth-order valence-corrected chi connectivity index (χ4v) is 2.71. The van der Waals surface area contributed by atoms with Crippen LogP contribution in [0, 0.1) is 18.3 Å². The molecule has 128 valence electrons. The molecule has 0 bridgehead atoms. The fraction of sp³-hybridized carbons (Fsp3) is 0.250. The van der Waals surface area contributed by atoms with Crippen molar-refractivity contribution in [1.82, 2.24) is 19.2 Å². The van der Waals surface area contributed by atoms with Gasteiger partial charge in [-0.2, -0.15) is 14.9 Å². The third kappa shape index (κ3) is 2.90. The first kappa shape index (κ1) is 16.8. The number of fused-ring (bicyclic) bond motifs is 1. The molecule has 3 rings (SSSR count). The van der Waals surface area contributed by atoms with E-state index in [4.69, 9.17) is 17.3 Å². The second-order valence-corrected chi connectivity index (χ2v) is 5.97. The molecule has 0 fully saturated rings. The number of nitrogen functional groups attached to an aromatic ring is 1. The molecule has 0 unspecified atom stereocenters. The van der Waals surface area contributed by atoms with E-state index in [0.29, 0.717) is 40.7 Å². The van der Waals surface area contributed by atoms with Gasteiger partial charge in [-0.05, 0) is 19.4 Å². The zero-order chi connectivity index (χ0) is 18.1. The Kier molecular flexibility index (Phi) is 4.33. The number of nitrogens with two attached hydrogens (primary N) is 1. The van der Waals surface area contributed by atoms with Gasteiger partial charge in [0.25, 0.3) is 5.56 Å². The van der Waals surface area contributed by atoms with Crippen LogP contribution >= 0.6 is 11.6 Å². The van der Waals surface area contributed by atoms with E-state index in [1.54, 1.807) is 26.2 Å². The largest absolute Gasteiger partial charge is 0.382 e. The number of anilines is 2. The minimum absolute atomic E-state index is 0.0535. The first-order chi connectivity index (χ1) is 11.9. The van der Waals surface area contributed by atoms with Crippen LogP contribution in [0.4, 0.5) is 11.6 Å². The molecule has 0 saturated heterocycles. The molecule has 3 aromatic rings. The van der Waals surface area contributed by atoms with Gasteiger partial charge in [-0.1, -0.05) is 17.7 Å². The molecule has 0 aromatic carbocycles. The van der Waals surface area contributed by atoms with Gasteiger partial charge in [-0.3, -0.25) is 4.79 Å². The molecule has 25 heavy (non-hydrogen) atoms. The van der Waals surface area contributed by atoms with Gasteiger partial charge in [0.05, 0.1) is 5.69 Å². The van der Waals surface area contributed by atoms with Crippen LogP contribution in [0.25, 0.3) is 5.65 Å². The molecule has 0 aliphatic heterocycles. The Labute approximate surface area is 148 Å². The zero-order valence-corrected chi connectivity index (χ0v) is 14.5. The first-order valence-corrected chi connectivity index (χ1v) is 7.94. The van der Waals surface area contributed by atoms with Gasteiger partial charge in [-0.25, -0.2) is 4.98 Å². The second-order valence-electron chi connectivity index (χ2n) is 5.59. The van der Waals surface area contributed by atoms with Gasteiger partial charge < -0.3 is 15.6 Å². The van der Waals surface area contributed by atoms with E-state index in [0.717, 1.165) is 0 Å². The molecule has 0 atom stereocenters. The van der Waals surface area contributed by atoms with Crippen molar-refractivity contribution in [2.24, 2.45) is 7.05 Å². The summed E-state index contributed by atoms with van der Waals surface area (Å²) in [7, 11) is 1.70. The zero-order valence-electron chi connectivity index (χ0n) is 13.7. The topological polar surface area (TPSA) is 114 Å². The Morgan fingerprint density at radius 2 is 2.24 bits per heavy atom. The standard InChI is InChI=1S/C16H16ClN7O/c1-9-12(17)15-21-14(11(8-18)13(19)24(15)22-9)20-6-5-10-4-3-7-23(2)16(10)25/h3-4,7H,5-6,19H2,1-2H3,(H,20,21). The van der Waals surface area contributed by atoms with Crippen LogP contribution in [0.1, 0.15) is 16.8 Å². The highest BCUT2D eigenvalue weighted by atomic mass is 35.5. The molecule has 8 nitrogen and oxygen atoms in total. The number of pyridine rings is 1. The summed E-state index contributed by atoms with van der Waals surface area (Å²) in [4.78, 5) is 16.4. The third-order valence-corrected chi connectivity index (χ3v) is 4.35. The van der Waals surface area contributed by atoms with Crippen molar-refractivity contribution in [3.8, 4) is 6.07 Å². The highest BCUT2D eigenvalue weighted by Crippen LogP contribution is 2.27. The lowest BCUT2D eigenvalue weighted by Crippen LogP contribution is -2.22. The van der Waals surface area contributed by atoms with Crippen LogP contribution < -0.4 is 16.6 Å². The quantitative estimate of drug-likeness (QED) is 0.731. The lowest BCUT2D eigenvalue weighted by Gasteiger charge is -2.10.